The maximum Gasteiger partial charge on any atom is 0.212 e. The molecule has 8 heterocycles. The van der Waals surface area contributed by atoms with Crippen LogP contribution in [0.15, 0.2) is 55.1 Å². The first kappa shape index (κ1) is 23.4. The summed E-state index contributed by atoms with van der Waals surface area (Å²) in [4.78, 5) is 14.2. The van der Waals surface area contributed by atoms with E-state index < -0.39 is 0 Å². The van der Waals surface area contributed by atoms with E-state index in [2.05, 4.69) is 70.3 Å². The average molecular weight is 575 g/mol. The molecular weight excluding hydrogens is 548 g/mol. The third-order valence-electron chi connectivity index (χ3n) is 7.55. The summed E-state index contributed by atoms with van der Waals surface area (Å²) >= 11 is 3.43. The van der Waals surface area contributed by atoms with Crippen LogP contribution in [0.3, 0.4) is 0 Å². The minimum absolute atomic E-state index is 0.529. The van der Waals surface area contributed by atoms with Crippen molar-refractivity contribution < 1.29 is 9.47 Å². The number of fused-ring (bicyclic) bond motifs is 5. The van der Waals surface area contributed by atoms with Gasteiger partial charge in [0, 0.05) is 66.6 Å². The van der Waals surface area contributed by atoms with Gasteiger partial charge in [0.15, 0.2) is 5.65 Å². The maximum atomic E-state index is 5.92. The SMILES string of the molecule is COc1ccc(CN2C3CC2CN(c2ccc(-c4cc(OCCBr)cn5nc6[nH]ncc6c45)cn2)C3)cn1. The molecule has 2 atom stereocenters. The largest absolute Gasteiger partial charge is 0.491 e. The van der Waals surface area contributed by atoms with E-state index >= 15 is 0 Å². The number of methoxy groups -OCH3 is 1. The maximum absolute atomic E-state index is 5.92. The molecule has 194 valence electrons. The molecule has 3 fully saturated rings. The van der Waals surface area contributed by atoms with Gasteiger partial charge >= 0.3 is 0 Å². The number of aromatic amines is 1. The van der Waals surface area contributed by atoms with Gasteiger partial charge in [0.1, 0.15) is 11.6 Å². The van der Waals surface area contributed by atoms with Crippen LogP contribution in [-0.4, -0.2) is 78.9 Å². The molecule has 38 heavy (non-hydrogen) atoms. The standard InChI is InChI=1S/C27H27BrN8O2/c1-37-25-5-2-17(10-30-25)13-35-19-8-20(35)15-34(14-19)24-4-3-18(11-29-24)22-9-21(38-7-6-28)16-36-26(22)23-12-31-32-27(23)33-36/h2-5,9-12,16,19-20H,6-8,13-15H2,1H3,(H,32,33). The van der Waals surface area contributed by atoms with Gasteiger partial charge in [-0.3, -0.25) is 10.00 Å². The second-order valence-corrected chi connectivity index (χ2v) is 10.6. The van der Waals surface area contributed by atoms with Crippen molar-refractivity contribution >= 4 is 38.3 Å². The van der Waals surface area contributed by atoms with Gasteiger partial charge < -0.3 is 14.4 Å². The molecule has 5 aromatic heterocycles. The second-order valence-electron chi connectivity index (χ2n) is 9.79. The molecule has 1 N–H and O–H groups in total. The Balaban J connectivity index is 1.11. The topological polar surface area (TPSA) is 96.7 Å². The van der Waals surface area contributed by atoms with Crippen molar-refractivity contribution in [2.24, 2.45) is 0 Å². The van der Waals surface area contributed by atoms with E-state index in [0.717, 1.165) is 64.2 Å². The van der Waals surface area contributed by atoms with E-state index in [9.17, 15) is 0 Å². The van der Waals surface area contributed by atoms with Gasteiger partial charge in [0.2, 0.25) is 5.88 Å². The fraction of sp³-hybridized carbons (Fsp3) is 0.333. The van der Waals surface area contributed by atoms with E-state index in [4.69, 9.17) is 14.5 Å². The van der Waals surface area contributed by atoms with E-state index in [1.165, 1.54) is 12.0 Å². The van der Waals surface area contributed by atoms with Crippen molar-refractivity contribution in [3.63, 3.8) is 0 Å². The number of aromatic nitrogens is 6. The summed E-state index contributed by atoms with van der Waals surface area (Å²) in [6, 6.07) is 11.4. The Morgan fingerprint density at radius 2 is 1.97 bits per heavy atom. The molecule has 3 saturated heterocycles. The molecule has 3 aliphatic rings. The van der Waals surface area contributed by atoms with Crippen LogP contribution in [-0.2, 0) is 6.54 Å². The fourth-order valence-electron chi connectivity index (χ4n) is 5.70. The van der Waals surface area contributed by atoms with Gasteiger partial charge in [-0.15, -0.1) is 5.10 Å². The van der Waals surface area contributed by atoms with Crippen molar-refractivity contribution in [1.82, 2.24) is 34.7 Å². The summed E-state index contributed by atoms with van der Waals surface area (Å²) in [5, 5.41) is 13.5. The summed E-state index contributed by atoms with van der Waals surface area (Å²) in [7, 11) is 1.64. The van der Waals surface area contributed by atoms with Gasteiger partial charge in [0.05, 0.1) is 37.0 Å². The zero-order valence-corrected chi connectivity index (χ0v) is 22.5. The van der Waals surface area contributed by atoms with E-state index in [-0.39, 0.29) is 0 Å². The molecule has 10 nitrogen and oxygen atoms in total. The van der Waals surface area contributed by atoms with Gasteiger partial charge in [-0.2, -0.15) is 5.10 Å². The van der Waals surface area contributed by atoms with Crippen LogP contribution in [0.1, 0.15) is 12.0 Å². The number of anilines is 1. The lowest BCUT2D eigenvalue weighted by molar-refractivity contribution is -0.00876. The van der Waals surface area contributed by atoms with Crippen molar-refractivity contribution in [1.29, 1.82) is 0 Å². The van der Waals surface area contributed by atoms with Crippen molar-refractivity contribution in [3.8, 4) is 22.8 Å². The van der Waals surface area contributed by atoms with Crippen molar-refractivity contribution in [2.75, 3.05) is 37.0 Å². The highest BCUT2D eigenvalue weighted by Gasteiger charge is 2.44. The fourth-order valence-corrected chi connectivity index (χ4v) is 5.86. The molecular formula is C27H27BrN8O2. The number of H-pyrrole nitrogens is 1. The third-order valence-corrected chi connectivity index (χ3v) is 7.87. The molecule has 11 heteroatoms. The first-order valence-electron chi connectivity index (χ1n) is 12.7. The normalized spacial score (nSPS) is 19.2. The van der Waals surface area contributed by atoms with E-state index in [1.807, 2.05) is 35.4 Å². The molecule has 8 rings (SSSR count). The Hall–Kier alpha value is -3.70. The van der Waals surface area contributed by atoms with Crippen LogP contribution < -0.4 is 14.4 Å². The molecule has 2 unspecified atom stereocenters. The monoisotopic (exact) mass is 574 g/mol. The Kier molecular flexibility index (Phi) is 5.89. The summed E-state index contributed by atoms with van der Waals surface area (Å²) in [6.45, 7) is 3.45. The number of halogens is 1. The molecule has 2 bridgehead atoms. The summed E-state index contributed by atoms with van der Waals surface area (Å²) < 4.78 is 13.0. The molecule has 0 saturated carbocycles. The van der Waals surface area contributed by atoms with E-state index in [1.54, 1.807) is 7.11 Å². The first-order valence-corrected chi connectivity index (χ1v) is 13.8. The van der Waals surface area contributed by atoms with Crippen molar-refractivity contribution in [2.45, 2.75) is 25.0 Å². The number of nitrogens with one attached hydrogen (secondary N) is 1. The van der Waals surface area contributed by atoms with Crippen LogP contribution in [0.2, 0.25) is 0 Å². The Labute approximate surface area is 227 Å². The number of nitrogens with zero attached hydrogens (tertiary/aromatic N) is 7. The van der Waals surface area contributed by atoms with Crippen LogP contribution >= 0.6 is 15.9 Å². The zero-order chi connectivity index (χ0) is 25.6. The smallest absolute Gasteiger partial charge is 0.212 e. The number of ether oxygens (including phenoxy) is 2. The second kappa shape index (κ2) is 9.55. The quantitative estimate of drug-likeness (QED) is 0.279. The molecule has 0 amide bonds. The van der Waals surface area contributed by atoms with Crippen LogP contribution in [0, 0.1) is 0 Å². The zero-order valence-electron chi connectivity index (χ0n) is 20.9. The van der Waals surface area contributed by atoms with Gasteiger partial charge in [0.25, 0.3) is 0 Å². The predicted molar refractivity (Wildman–Crippen MR) is 148 cm³/mol. The Bertz CT molecular complexity index is 1570. The van der Waals surface area contributed by atoms with Crippen LogP contribution in [0.4, 0.5) is 5.82 Å². The molecule has 0 aromatic carbocycles. The number of hydrogen-bond acceptors (Lipinski definition) is 8. The summed E-state index contributed by atoms with van der Waals surface area (Å²) in [6.07, 6.45) is 8.83. The highest BCUT2D eigenvalue weighted by atomic mass is 79.9. The Morgan fingerprint density at radius 1 is 1.08 bits per heavy atom. The third kappa shape index (κ3) is 4.06. The minimum atomic E-state index is 0.529. The Morgan fingerprint density at radius 3 is 2.71 bits per heavy atom. The molecule has 3 aliphatic heterocycles. The highest BCUT2D eigenvalue weighted by Crippen LogP contribution is 2.37. The molecule has 0 aliphatic carbocycles. The molecule has 0 spiro atoms. The molecule has 0 radical (unpaired) electrons. The van der Waals surface area contributed by atoms with Gasteiger partial charge in [-0.25, -0.2) is 14.5 Å². The number of alkyl halides is 1. The highest BCUT2D eigenvalue weighted by molar-refractivity contribution is 9.09. The summed E-state index contributed by atoms with van der Waals surface area (Å²) in [5.41, 5.74) is 4.98. The lowest BCUT2D eigenvalue weighted by atomic mass is 9.87. The van der Waals surface area contributed by atoms with Crippen molar-refractivity contribution in [3.05, 3.63) is 60.7 Å². The van der Waals surface area contributed by atoms with Gasteiger partial charge in [-0.05, 0) is 30.2 Å². The first-order chi connectivity index (χ1) is 18.7. The van der Waals surface area contributed by atoms with Crippen LogP contribution in [0.5, 0.6) is 11.6 Å². The minimum Gasteiger partial charge on any atom is -0.491 e. The lowest BCUT2D eigenvalue weighted by Gasteiger charge is -2.56. The number of piperidine rings is 1. The van der Waals surface area contributed by atoms with Gasteiger partial charge in [-0.1, -0.05) is 22.0 Å². The number of piperazine rings is 1. The summed E-state index contributed by atoms with van der Waals surface area (Å²) in [5.74, 6) is 2.43. The average Bonchev–Trinajstić information content (AvgIpc) is 3.56. The number of hydrogen-bond donors (Lipinski definition) is 1. The molecule has 5 aromatic rings. The number of pyridine rings is 3. The van der Waals surface area contributed by atoms with E-state index in [0.29, 0.717) is 24.6 Å². The van der Waals surface area contributed by atoms with Crippen LogP contribution in [0.25, 0.3) is 27.7 Å². The number of rotatable bonds is 8. The predicted octanol–water partition coefficient (Wildman–Crippen LogP) is 3.91. The lowest BCUT2D eigenvalue weighted by Crippen LogP contribution is -2.68.